The molecule has 37 heavy (non-hydrogen) atoms. The highest BCUT2D eigenvalue weighted by Gasteiger charge is 2.38. The number of carbonyl (C=O) groups is 1. The lowest BCUT2D eigenvalue weighted by atomic mass is 9.74. The standard InChI is InChI=1S/C30H32ClN3O3/c1-29(2)15-19(16-30(3,4)33-29)13-25(35)20-9-11-27(24(31)14-20)37-26-8-6-7-22(23(26)17-32)21-10-12-28(36)34(5)18-21/h6-12,14,18-19,33H,13,15-16H2,1-5H3. The Balaban J connectivity index is 1.55. The number of ketones is 1. The van der Waals surface area contributed by atoms with Gasteiger partial charge in [0.2, 0.25) is 5.56 Å². The number of aromatic nitrogens is 1. The highest BCUT2D eigenvalue weighted by molar-refractivity contribution is 6.32. The van der Waals surface area contributed by atoms with Gasteiger partial charge < -0.3 is 14.6 Å². The molecule has 1 aliphatic rings. The number of nitrogens with one attached hydrogen (secondary N) is 1. The molecule has 1 saturated heterocycles. The number of pyridine rings is 1. The lowest BCUT2D eigenvalue weighted by molar-refractivity contribution is 0.0864. The fourth-order valence-electron chi connectivity index (χ4n) is 5.66. The summed E-state index contributed by atoms with van der Waals surface area (Å²) in [4.78, 5) is 24.9. The molecule has 2 aromatic carbocycles. The molecular formula is C30H32ClN3O3. The van der Waals surface area contributed by atoms with Gasteiger partial charge in [-0.05, 0) is 82.3 Å². The second-order valence-corrected chi connectivity index (χ2v) is 11.6. The third-order valence-corrected chi connectivity index (χ3v) is 7.05. The van der Waals surface area contributed by atoms with Gasteiger partial charge in [-0.3, -0.25) is 9.59 Å². The average molecular weight is 518 g/mol. The molecule has 192 valence electrons. The average Bonchev–Trinajstić information content (AvgIpc) is 2.79. The number of aryl methyl sites for hydroxylation is 1. The minimum absolute atomic E-state index is 0.0244. The van der Waals surface area contributed by atoms with Crippen molar-refractivity contribution < 1.29 is 9.53 Å². The molecule has 0 atom stereocenters. The number of carbonyl (C=O) groups excluding carboxylic acids is 1. The normalized spacial score (nSPS) is 16.7. The molecule has 7 heteroatoms. The van der Waals surface area contributed by atoms with Crippen LogP contribution in [0, 0.1) is 17.2 Å². The van der Waals surface area contributed by atoms with Gasteiger partial charge in [-0.25, -0.2) is 0 Å². The first kappa shape index (κ1) is 26.7. The Morgan fingerprint density at radius 2 is 1.81 bits per heavy atom. The number of halogens is 1. The predicted octanol–water partition coefficient (Wildman–Crippen LogP) is 6.50. The van der Waals surface area contributed by atoms with Crippen molar-refractivity contribution in [1.29, 1.82) is 5.26 Å². The summed E-state index contributed by atoms with van der Waals surface area (Å²) in [5.41, 5.74) is 2.06. The van der Waals surface area contributed by atoms with Crippen LogP contribution in [-0.4, -0.2) is 21.4 Å². The molecule has 1 aromatic heterocycles. The minimum Gasteiger partial charge on any atom is -0.454 e. The number of Topliss-reactive ketones (excluding diaryl/α,β-unsaturated/α-hetero) is 1. The van der Waals surface area contributed by atoms with E-state index in [0.717, 1.165) is 18.4 Å². The zero-order valence-corrected chi connectivity index (χ0v) is 22.6. The maximum atomic E-state index is 13.1. The quantitative estimate of drug-likeness (QED) is 0.377. The third kappa shape index (κ3) is 6.12. The molecule has 0 radical (unpaired) electrons. The van der Waals surface area contributed by atoms with Crippen LogP contribution in [0.25, 0.3) is 11.1 Å². The van der Waals surface area contributed by atoms with Crippen molar-refractivity contribution in [2.24, 2.45) is 13.0 Å². The molecule has 6 nitrogen and oxygen atoms in total. The number of hydrogen-bond acceptors (Lipinski definition) is 5. The van der Waals surface area contributed by atoms with Gasteiger partial charge in [0.1, 0.15) is 23.1 Å². The Morgan fingerprint density at radius 3 is 2.43 bits per heavy atom. The van der Waals surface area contributed by atoms with Crippen molar-refractivity contribution in [2.45, 2.75) is 58.0 Å². The molecule has 1 fully saturated rings. The van der Waals surface area contributed by atoms with Gasteiger partial charge in [-0.2, -0.15) is 5.26 Å². The number of ether oxygens (including phenoxy) is 1. The lowest BCUT2D eigenvalue weighted by Gasteiger charge is -2.46. The van der Waals surface area contributed by atoms with Gasteiger partial charge in [0.15, 0.2) is 5.78 Å². The monoisotopic (exact) mass is 517 g/mol. The molecule has 4 rings (SSSR count). The molecule has 0 spiro atoms. The van der Waals surface area contributed by atoms with Crippen LogP contribution in [0.5, 0.6) is 11.5 Å². The topological polar surface area (TPSA) is 84.1 Å². The van der Waals surface area contributed by atoms with Crippen LogP contribution >= 0.6 is 11.6 Å². The number of hydrogen-bond donors (Lipinski definition) is 1. The van der Waals surface area contributed by atoms with Crippen LogP contribution in [0.3, 0.4) is 0 Å². The van der Waals surface area contributed by atoms with E-state index >= 15 is 0 Å². The summed E-state index contributed by atoms with van der Waals surface area (Å²) in [6, 6.07) is 15.7. The number of nitriles is 1. The maximum Gasteiger partial charge on any atom is 0.250 e. The van der Waals surface area contributed by atoms with Crippen LogP contribution in [0.15, 0.2) is 59.5 Å². The smallest absolute Gasteiger partial charge is 0.250 e. The van der Waals surface area contributed by atoms with E-state index in [1.165, 1.54) is 10.6 Å². The summed E-state index contributed by atoms with van der Waals surface area (Å²) in [5.74, 6) is 1.04. The number of piperidine rings is 1. The van der Waals surface area contributed by atoms with Gasteiger partial charge >= 0.3 is 0 Å². The van der Waals surface area contributed by atoms with Crippen molar-refractivity contribution >= 4 is 17.4 Å². The Kier molecular flexibility index (Phi) is 7.32. The molecule has 1 N–H and O–H groups in total. The molecular weight excluding hydrogens is 486 g/mol. The van der Waals surface area contributed by atoms with Crippen molar-refractivity contribution in [3.63, 3.8) is 0 Å². The molecule has 0 saturated carbocycles. The second-order valence-electron chi connectivity index (χ2n) is 11.2. The largest absolute Gasteiger partial charge is 0.454 e. The van der Waals surface area contributed by atoms with E-state index in [0.29, 0.717) is 39.6 Å². The van der Waals surface area contributed by atoms with Crippen molar-refractivity contribution in [2.75, 3.05) is 0 Å². The van der Waals surface area contributed by atoms with E-state index < -0.39 is 0 Å². The van der Waals surface area contributed by atoms with E-state index in [1.807, 2.05) is 0 Å². The van der Waals surface area contributed by atoms with Crippen molar-refractivity contribution in [3.05, 3.63) is 81.2 Å². The van der Waals surface area contributed by atoms with E-state index in [4.69, 9.17) is 16.3 Å². The first-order valence-electron chi connectivity index (χ1n) is 12.4. The number of nitrogens with zero attached hydrogens (tertiary/aromatic N) is 2. The molecule has 2 heterocycles. The predicted molar refractivity (Wildman–Crippen MR) is 146 cm³/mol. The lowest BCUT2D eigenvalue weighted by Crippen LogP contribution is -2.57. The van der Waals surface area contributed by atoms with E-state index in [9.17, 15) is 14.9 Å². The zero-order valence-electron chi connectivity index (χ0n) is 21.9. The van der Waals surface area contributed by atoms with Crippen molar-refractivity contribution in [3.8, 4) is 28.7 Å². The highest BCUT2D eigenvalue weighted by Crippen LogP contribution is 2.38. The first-order valence-corrected chi connectivity index (χ1v) is 12.8. The SMILES string of the molecule is Cn1cc(-c2cccc(Oc3ccc(C(=O)CC4CC(C)(C)NC(C)(C)C4)cc3Cl)c2C#N)ccc1=O. The van der Waals surface area contributed by atoms with E-state index in [2.05, 4.69) is 39.1 Å². The Hall–Kier alpha value is -3.40. The van der Waals surface area contributed by atoms with E-state index in [1.54, 1.807) is 55.7 Å². The zero-order chi connectivity index (χ0) is 27.0. The molecule has 0 aliphatic carbocycles. The van der Waals surface area contributed by atoms with Gasteiger partial charge in [0.25, 0.3) is 0 Å². The van der Waals surface area contributed by atoms with Gasteiger partial charge in [0.05, 0.1) is 5.02 Å². The minimum atomic E-state index is -0.136. The van der Waals surface area contributed by atoms with Crippen LogP contribution < -0.4 is 15.6 Å². The van der Waals surface area contributed by atoms with Crippen molar-refractivity contribution in [1.82, 2.24) is 9.88 Å². The summed E-state index contributed by atoms with van der Waals surface area (Å²) in [5, 5.41) is 13.9. The summed E-state index contributed by atoms with van der Waals surface area (Å²) in [6.07, 6.45) is 4.01. The first-order chi connectivity index (χ1) is 17.4. The van der Waals surface area contributed by atoms with Gasteiger partial charge in [-0.15, -0.1) is 0 Å². The third-order valence-electron chi connectivity index (χ3n) is 6.76. The molecule has 0 unspecified atom stereocenters. The summed E-state index contributed by atoms with van der Waals surface area (Å²) < 4.78 is 7.50. The second kappa shape index (κ2) is 10.2. The van der Waals surface area contributed by atoms with Crippen LogP contribution in [-0.2, 0) is 7.05 Å². The Labute approximate surface area is 222 Å². The molecule has 0 amide bonds. The summed E-state index contributed by atoms with van der Waals surface area (Å²) in [7, 11) is 1.66. The van der Waals surface area contributed by atoms with Crippen LogP contribution in [0.2, 0.25) is 5.02 Å². The fraction of sp³-hybridized carbons (Fsp3) is 0.367. The maximum absolute atomic E-state index is 13.1. The Bertz CT molecular complexity index is 1430. The van der Waals surface area contributed by atoms with Crippen LogP contribution in [0.1, 0.15) is 62.9 Å². The number of benzene rings is 2. The van der Waals surface area contributed by atoms with Crippen LogP contribution in [0.4, 0.5) is 0 Å². The summed E-state index contributed by atoms with van der Waals surface area (Å²) in [6.45, 7) is 8.71. The van der Waals surface area contributed by atoms with Gasteiger partial charge in [0, 0.05) is 47.9 Å². The molecule has 3 aromatic rings. The molecule has 0 bridgehead atoms. The molecule has 1 aliphatic heterocycles. The fourth-order valence-corrected chi connectivity index (χ4v) is 5.88. The Morgan fingerprint density at radius 1 is 1.11 bits per heavy atom. The number of rotatable bonds is 6. The summed E-state index contributed by atoms with van der Waals surface area (Å²) >= 11 is 6.54. The highest BCUT2D eigenvalue weighted by atomic mass is 35.5. The van der Waals surface area contributed by atoms with Gasteiger partial charge in [-0.1, -0.05) is 23.7 Å². The van der Waals surface area contributed by atoms with E-state index in [-0.39, 0.29) is 28.3 Å².